The number of nitrogen functional groups attached to an aromatic ring is 1. The summed E-state index contributed by atoms with van der Waals surface area (Å²) in [5, 5.41) is 3.62. The van der Waals surface area contributed by atoms with E-state index < -0.39 is 11.3 Å². The summed E-state index contributed by atoms with van der Waals surface area (Å²) in [4.78, 5) is 24.6. The summed E-state index contributed by atoms with van der Waals surface area (Å²) in [7, 11) is 0. The normalized spacial score (nSPS) is 23.5. The van der Waals surface area contributed by atoms with Crippen LogP contribution in [0.1, 0.15) is 29.6 Å². The molecule has 1 aromatic rings. The van der Waals surface area contributed by atoms with Gasteiger partial charge < -0.3 is 10.3 Å². The van der Waals surface area contributed by atoms with E-state index in [1.165, 1.54) is 6.07 Å². The number of amides is 2. The molecule has 0 spiro atoms. The first-order valence-electron chi connectivity index (χ1n) is 5.93. The van der Waals surface area contributed by atoms with Gasteiger partial charge in [-0.3, -0.25) is 19.9 Å². The third kappa shape index (κ3) is 2.74. The van der Waals surface area contributed by atoms with Crippen molar-refractivity contribution in [2.75, 3.05) is 13.1 Å². The number of hydrazine groups is 1. The number of nitrogens with zero attached hydrogens (tertiary/aromatic N) is 2. The molecule has 2 heterocycles. The van der Waals surface area contributed by atoms with Crippen LogP contribution in [0, 0.1) is 5.41 Å². The fraction of sp³-hybridized carbons (Fsp3) is 0.545. The average molecular weight is 267 g/mol. The molecule has 1 unspecified atom stereocenters. The topological polar surface area (TPSA) is 127 Å². The van der Waals surface area contributed by atoms with Crippen LogP contribution in [0.4, 0.5) is 0 Å². The smallest absolute Gasteiger partial charge is 0.287 e. The van der Waals surface area contributed by atoms with Crippen LogP contribution < -0.4 is 17.0 Å². The molecular formula is C11H17N5O3. The number of aromatic nitrogens is 1. The van der Waals surface area contributed by atoms with E-state index >= 15 is 0 Å². The minimum Gasteiger partial charge on any atom is -0.369 e. The van der Waals surface area contributed by atoms with Crippen LogP contribution in [0.3, 0.4) is 0 Å². The molecule has 2 amide bonds. The second-order valence-electron chi connectivity index (χ2n) is 5.04. The summed E-state index contributed by atoms with van der Waals surface area (Å²) < 4.78 is 5.05. The maximum Gasteiger partial charge on any atom is 0.287 e. The zero-order valence-electron chi connectivity index (χ0n) is 10.7. The van der Waals surface area contributed by atoms with Gasteiger partial charge in [-0.15, -0.1) is 0 Å². The Kier molecular flexibility index (Phi) is 3.54. The Morgan fingerprint density at radius 1 is 1.63 bits per heavy atom. The number of carbonyl (C=O) groups excluding carboxylic acids is 2. The van der Waals surface area contributed by atoms with E-state index in [1.807, 2.05) is 17.2 Å². The Balaban J connectivity index is 1.98. The quantitative estimate of drug-likeness (QED) is 0.364. The second kappa shape index (κ2) is 4.98. The van der Waals surface area contributed by atoms with Crippen LogP contribution in [-0.2, 0) is 11.3 Å². The molecule has 0 aromatic carbocycles. The molecule has 19 heavy (non-hydrogen) atoms. The lowest BCUT2D eigenvalue weighted by Gasteiger charge is -2.20. The molecule has 1 aromatic heterocycles. The van der Waals surface area contributed by atoms with Gasteiger partial charge >= 0.3 is 0 Å². The number of primary amides is 1. The van der Waals surface area contributed by atoms with Gasteiger partial charge in [-0.25, -0.2) is 5.84 Å². The van der Waals surface area contributed by atoms with Crippen LogP contribution in [-0.4, -0.2) is 35.0 Å². The maximum atomic E-state index is 11.3. The monoisotopic (exact) mass is 267 g/mol. The Bertz CT molecular complexity index is 500. The molecule has 8 nitrogen and oxygen atoms in total. The molecule has 5 N–H and O–H groups in total. The Labute approximate surface area is 110 Å². The second-order valence-corrected chi connectivity index (χ2v) is 5.04. The lowest BCUT2D eigenvalue weighted by atomic mass is 9.89. The van der Waals surface area contributed by atoms with Crippen LogP contribution in [0.2, 0.25) is 0 Å². The van der Waals surface area contributed by atoms with Crippen LogP contribution in [0.25, 0.3) is 0 Å². The molecule has 0 saturated carbocycles. The highest BCUT2D eigenvalue weighted by Crippen LogP contribution is 2.30. The Morgan fingerprint density at radius 3 is 2.95 bits per heavy atom. The van der Waals surface area contributed by atoms with Crippen molar-refractivity contribution in [2.24, 2.45) is 17.0 Å². The van der Waals surface area contributed by atoms with Crippen molar-refractivity contribution < 1.29 is 14.1 Å². The maximum absolute atomic E-state index is 11.3. The number of carbonyl (C=O) groups is 2. The summed E-state index contributed by atoms with van der Waals surface area (Å²) in [6.45, 7) is 3.65. The molecule has 0 aliphatic carbocycles. The van der Waals surface area contributed by atoms with Gasteiger partial charge in [0.2, 0.25) is 5.91 Å². The number of rotatable bonds is 4. The molecule has 0 radical (unpaired) electrons. The first-order valence-corrected chi connectivity index (χ1v) is 5.93. The molecule has 0 bridgehead atoms. The summed E-state index contributed by atoms with van der Waals surface area (Å²) in [5.41, 5.74) is 6.99. The van der Waals surface area contributed by atoms with E-state index in [9.17, 15) is 9.59 Å². The van der Waals surface area contributed by atoms with Gasteiger partial charge in [-0.1, -0.05) is 5.16 Å². The van der Waals surface area contributed by atoms with E-state index in [2.05, 4.69) is 5.16 Å². The zero-order valence-corrected chi connectivity index (χ0v) is 10.7. The van der Waals surface area contributed by atoms with Crippen LogP contribution in [0.5, 0.6) is 0 Å². The average Bonchev–Trinajstić information content (AvgIpc) is 2.97. The van der Waals surface area contributed by atoms with Gasteiger partial charge in [0.15, 0.2) is 11.5 Å². The summed E-state index contributed by atoms with van der Waals surface area (Å²) >= 11 is 0. The van der Waals surface area contributed by atoms with Crippen molar-refractivity contribution in [3.05, 3.63) is 17.5 Å². The highest BCUT2D eigenvalue weighted by molar-refractivity contribution is 5.91. The standard InChI is InChI=1S/C11H17N5O3/c1-11(10(12)18)2-3-16(6-11)5-7-4-8(15-19-7)9(17)14-13/h4H,2-3,5-6,13H2,1H3,(H2,12,18)(H,14,17). The highest BCUT2D eigenvalue weighted by Gasteiger charge is 2.39. The van der Waals surface area contributed by atoms with E-state index in [-0.39, 0.29) is 11.6 Å². The van der Waals surface area contributed by atoms with Crippen molar-refractivity contribution in [2.45, 2.75) is 19.9 Å². The van der Waals surface area contributed by atoms with E-state index in [0.29, 0.717) is 25.3 Å². The van der Waals surface area contributed by atoms with Crippen molar-refractivity contribution in [3.63, 3.8) is 0 Å². The fourth-order valence-electron chi connectivity index (χ4n) is 2.18. The minimum atomic E-state index is -0.502. The number of hydrogen-bond acceptors (Lipinski definition) is 6. The highest BCUT2D eigenvalue weighted by atomic mass is 16.5. The lowest BCUT2D eigenvalue weighted by molar-refractivity contribution is -0.126. The largest absolute Gasteiger partial charge is 0.369 e. The molecule has 1 saturated heterocycles. The van der Waals surface area contributed by atoms with Gasteiger partial charge in [-0.05, 0) is 19.9 Å². The van der Waals surface area contributed by atoms with Gasteiger partial charge in [0, 0.05) is 12.6 Å². The predicted molar refractivity (Wildman–Crippen MR) is 65.4 cm³/mol. The van der Waals surface area contributed by atoms with Crippen molar-refractivity contribution in [1.29, 1.82) is 0 Å². The first-order chi connectivity index (χ1) is 8.94. The van der Waals surface area contributed by atoms with E-state index in [1.54, 1.807) is 0 Å². The van der Waals surface area contributed by atoms with E-state index in [4.69, 9.17) is 16.1 Å². The fourth-order valence-corrected chi connectivity index (χ4v) is 2.18. The molecule has 2 rings (SSSR count). The van der Waals surface area contributed by atoms with Crippen molar-refractivity contribution >= 4 is 11.8 Å². The third-order valence-corrected chi connectivity index (χ3v) is 3.45. The van der Waals surface area contributed by atoms with Crippen molar-refractivity contribution in [1.82, 2.24) is 15.5 Å². The molecule has 1 fully saturated rings. The summed E-state index contributed by atoms with van der Waals surface area (Å²) in [6, 6.07) is 1.53. The van der Waals surface area contributed by atoms with Crippen molar-refractivity contribution in [3.8, 4) is 0 Å². The SMILES string of the molecule is CC1(C(N)=O)CCN(Cc2cc(C(=O)NN)no2)C1. The third-order valence-electron chi connectivity index (χ3n) is 3.45. The molecule has 1 aliphatic heterocycles. The Hall–Kier alpha value is -1.93. The molecule has 8 heteroatoms. The minimum absolute atomic E-state index is 0.134. The van der Waals surface area contributed by atoms with Gasteiger partial charge in [-0.2, -0.15) is 0 Å². The molecular weight excluding hydrogens is 250 g/mol. The molecule has 1 atom stereocenters. The summed E-state index contributed by atoms with van der Waals surface area (Å²) in [6.07, 6.45) is 0.715. The van der Waals surface area contributed by atoms with Gasteiger partial charge in [0.05, 0.1) is 12.0 Å². The van der Waals surface area contributed by atoms with E-state index in [0.717, 1.165) is 6.54 Å². The molecule has 104 valence electrons. The predicted octanol–water partition coefficient (Wildman–Crippen LogP) is -1.02. The lowest BCUT2D eigenvalue weighted by Crippen LogP contribution is -2.36. The van der Waals surface area contributed by atoms with Crippen LogP contribution >= 0.6 is 0 Å². The van der Waals surface area contributed by atoms with Crippen LogP contribution in [0.15, 0.2) is 10.6 Å². The number of nitrogens with two attached hydrogens (primary N) is 2. The number of hydrogen-bond donors (Lipinski definition) is 3. The first kappa shape index (κ1) is 13.5. The van der Waals surface area contributed by atoms with Gasteiger partial charge in [0.25, 0.3) is 5.91 Å². The number of likely N-dealkylation sites (tertiary alicyclic amines) is 1. The molecule has 1 aliphatic rings. The van der Waals surface area contributed by atoms with Gasteiger partial charge in [0.1, 0.15) is 0 Å². The Morgan fingerprint density at radius 2 is 2.37 bits per heavy atom. The summed E-state index contributed by atoms with van der Waals surface area (Å²) in [5.74, 6) is 4.75. The zero-order chi connectivity index (χ0) is 14.0. The number of nitrogens with one attached hydrogen (secondary N) is 1.